The fourth-order valence-corrected chi connectivity index (χ4v) is 1.97. The van der Waals surface area contributed by atoms with Gasteiger partial charge in [-0.2, -0.15) is 0 Å². The molecular formula is C17H21NO4. The first kappa shape index (κ1) is 16.1. The first-order valence-electron chi connectivity index (χ1n) is 7.25. The summed E-state index contributed by atoms with van der Waals surface area (Å²) in [5.74, 6) is 0.811. The topological polar surface area (TPSA) is 62.9 Å². The van der Waals surface area contributed by atoms with Crippen molar-refractivity contribution in [2.75, 3.05) is 13.6 Å². The summed E-state index contributed by atoms with van der Waals surface area (Å²) >= 11 is 0. The van der Waals surface area contributed by atoms with Gasteiger partial charge in [0.2, 0.25) is 0 Å². The smallest absolute Gasteiger partial charge is 0.289 e. The number of furan rings is 1. The molecule has 0 spiro atoms. The second-order valence-electron chi connectivity index (χ2n) is 5.24. The van der Waals surface area contributed by atoms with Gasteiger partial charge in [0.1, 0.15) is 12.4 Å². The molecule has 1 N–H and O–H groups in total. The van der Waals surface area contributed by atoms with Crippen molar-refractivity contribution in [3.63, 3.8) is 0 Å². The minimum atomic E-state index is -0.437. The molecule has 2 rings (SSSR count). The molecule has 1 aromatic heterocycles. The molecule has 5 nitrogen and oxygen atoms in total. The Morgan fingerprint density at radius 1 is 1.32 bits per heavy atom. The molecule has 0 aliphatic heterocycles. The molecular weight excluding hydrogens is 282 g/mol. The maximum atomic E-state index is 12.3. The van der Waals surface area contributed by atoms with Crippen LogP contribution in [0.2, 0.25) is 0 Å². The molecule has 1 atom stereocenters. The Labute approximate surface area is 130 Å². The number of para-hydroxylation sites is 1. The van der Waals surface area contributed by atoms with Crippen LogP contribution in [0.25, 0.3) is 0 Å². The molecule has 118 valence electrons. The van der Waals surface area contributed by atoms with Crippen LogP contribution in [0.1, 0.15) is 29.5 Å². The van der Waals surface area contributed by atoms with Gasteiger partial charge in [-0.25, -0.2) is 0 Å². The lowest BCUT2D eigenvalue weighted by atomic mass is 10.2. The van der Waals surface area contributed by atoms with E-state index in [1.165, 1.54) is 11.2 Å². The van der Waals surface area contributed by atoms with Crippen LogP contribution in [0.4, 0.5) is 0 Å². The number of rotatable bonds is 7. The molecule has 22 heavy (non-hydrogen) atoms. The minimum Gasteiger partial charge on any atom is -0.489 e. The van der Waals surface area contributed by atoms with Crippen molar-refractivity contribution < 1.29 is 19.1 Å². The van der Waals surface area contributed by atoms with E-state index in [0.717, 1.165) is 5.75 Å². The van der Waals surface area contributed by atoms with Gasteiger partial charge in [0.05, 0.1) is 12.4 Å². The van der Waals surface area contributed by atoms with Crippen molar-refractivity contribution in [3.8, 4) is 5.75 Å². The van der Waals surface area contributed by atoms with Crippen molar-refractivity contribution >= 4 is 5.91 Å². The first-order valence-corrected chi connectivity index (χ1v) is 7.25. The Balaban J connectivity index is 1.98. The summed E-state index contributed by atoms with van der Waals surface area (Å²) < 4.78 is 11.0. The van der Waals surface area contributed by atoms with E-state index < -0.39 is 6.10 Å². The van der Waals surface area contributed by atoms with E-state index >= 15 is 0 Å². The fourth-order valence-electron chi connectivity index (χ4n) is 1.97. The highest BCUT2D eigenvalue weighted by molar-refractivity contribution is 5.92. The predicted octanol–water partition coefficient (Wildman–Crippen LogP) is 2.70. The number of nitrogens with zero attached hydrogens (tertiary/aromatic N) is 1. The summed E-state index contributed by atoms with van der Waals surface area (Å²) in [6.07, 6.45) is 1.57. The maximum absolute atomic E-state index is 12.3. The highest BCUT2D eigenvalue weighted by Crippen LogP contribution is 2.17. The molecule has 0 fully saturated rings. The highest BCUT2D eigenvalue weighted by Gasteiger charge is 2.20. The quantitative estimate of drug-likeness (QED) is 0.854. The number of aliphatic hydroxyl groups is 1. The second-order valence-corrected chi connectivity index (χ2v) is 5.24. The van der Waals surface area contributed by atoms with Crippen LogP contribution in [-0.2, 0) is 6.61 Å². The Hall–Kier alpha value is -2.27. The van der Waals surface area contributed by atoms with E-state index in [0.29, 0.717) is 18.5 Å². The van der Waals surface area contributed by atoms with Gasteiger partial charge in [0.25, 0.3) is 5.91 Å². The standard InChI is InChI=1S/C17H21NO4/c1-13(19)8-10-18(2)17(20)16-14(9-11-21-16)12-22-15-6-4-3-5-7-15/h3-7,9,11,13,19H,8,10,12H2,1-2H3. The van der Waals surface area contributed by atoms with Crippen molar-refractivity contribution in [1.29, 1.82) is 0 Å². The molecule has 0 aliphatic carbocycles. The summed E-state index contributed by atoms with van der Waals surface area (Å²) in [7, 11) is 1.69. The van der Waals surface area contributed by atoms with Gasteiger partial charge in [-0.3, -0.25) is 4.79 Å². The third-order valence-electron chi connectivity index (χ3n) is 3.31. The van der Waals surface area contributed by atoms with Crippen molar-refractivity contribution in [3.05, 3.63) is 54.0 Å². The summed E-state index contributed by atoms with van der Waals surface area (Å²) in [4.78, 5) is 13.9. The number of carbonyl (C=O) groups is 1. The van der Waals surface area contributed by atoms with Gasteiger partial charge in [-0.15, -0.1) is 0 Å². The zero-order chi connectivity index (χ0) is 15.9. The van der Waals surface area contributed by atoms with Crippen LogP contribution in [-0.4, -0.2) is 35.6 Å². The van der Waals surface area contributed by atoms with Gasteiger partial charge in [0.15, 0.2) is 5.76 Å². The number of hydrogen-bond donors (Lipinski definition) is 1. The van der Waals surface area contributed by atoms with E-state index in [9.17, 15) is 9.90 Å². The van der Waals surface area contributed by atoms with E-state index in [4.69, 9.17) is 9.15 Å². The lowest BCUT2D eigenvalue weighted by Gasteiger charge is -2.17. The lowest BCUT2D eigenvalue weighted by molar-refractivity contribution is 0.0734. The number of aliphatic hydroxyl groups excluding tert-OH is 1. The monoisotopic (exact) mass is 303 g/mol. The molecule has 2 aromatic rings. The number of ether oxygens (including phenoxy) is 1. The van der Waals surface area contributed by atoms with Crippen LogP contribution < -0.4 is 4.74 Å². The van der Waals surface area contributed by atoms with Gasteiger partial charge < -0.3 is 19.2 Å². The molecule has 5 heteroatoms. The third kappa shape index (κ3) is 4.36. The molecule has 1 heterocycles. The van der Waals surface area contributed by atoms with Gasteiger partial charge in [0, 0.05) is 19.2 Å². The Morgan fingerprint density at radius 2 is 2.05 bits per heavy atom. The number of amides is 1. The van der Waals surface area contributed by atoms with Crippen LogP contribution >= 0.6 is 0 Å². The van der Waals surface area contributed by atoms with Crippen molar-refractivity contribution in [2.45, 2.75) is 26.1 Å². The largest absolute Gasteiger partial charge is 0.489 e. The summed E-state index contributed by atoms with van der Waals surface area (Å²) in [6, 6.07) is 11.1. The van der Waals surface area contributed by atoms with Crippen LogP contribution in [0, 0.1) is 0 Å². The fraction of sp³-hybridized carbons (Fsp3) is 0.353. The van der Waals surface area contributed by atoms with Crippen molar-refractivity contribution in [2.24, 2.45) is 0 Å². The van der Waals surface area contributed by atoms with Gasteiger partial charge >= 0.3 is 0 Å². The average Bonchev–Trinajstić information content (AvgIpc) is 2.99. The Kier molecular flexibility index (Phi) is 5.61. The van der Waals surface area contributed by atoms with Gasteiger partial charge in [-0.05, 0) is 31.5 Å². The molecule has 0 saturated heterocycles. The van der Waals surface area contributed by atoms with Crippen LogP contribution in [0.5, 0.6) is 5.75 Å². The van der Waals surface area contributed by atoms with Crippen molar-refractivity contribution in [1.82, 2.24) is 4.90 Å². The molecule has 0 radical (unpaired) electrons. The number of benzene rings is 1. The first-order chi connectivity index (χ1) is 10.6. The molecule has 1 aromatic carbocycles. The summed E-state index contributed by atoms with van der Waals surface area (Å²) in [5.41, 5.74) is 0.706. The summed E-state index contributed by atoms with van der Waals surface area (Å²) in [6.45, 7) is 2.44. The third-order valence-corrected chi connectivity index (χ3v) is 3.31. The molecule has 0 aliphatic rings. The number of hydrogen-bond acceptors (Lipinski definition) is 4. The summed E-state index contributed by atoms with van der Waals surface area (Å²) in [5, 5.41) is 9.30. The zero-order valence-corrected chi connectivity index (χ0v) is 12.9. The molecule has 0 saturated carbocycles. The van der Waals surface area contributed by atoms with E-state index in [1.807, 2.05) is 30.3 Å². The Morgan fingerprint density at radius 3 is 2.73 bits per heavy atom. The van der Waals surface area contributed by atoms with Gasteiger partial charge in [-0.1, -0.05) is 18.2 Å². The van der Waals surface area contributed by atoms with Crippen LogP contribution in [0.3, 0.4) is 0 Å². The lowest BCUT2D eigenvalue weighted by Crippen LogP contribution is -2.29. The second kappa shape index (κ2) is 7.66. The molecule has 0 bridgehead atoms. The van der Waals surface area contributed by atoms with E-state index in [1.54, 1.807) is 20.0 Å². The average molecular weight is 303 g/mol. The SMILES string of the molecule is CC(O)CCN(C)C(=O)c1occc1COc1ccccc1. The maximum Gasteiger partial charge on any atom is 0.289 e. The predicted molar refractivity (Wildman–Crippen MR) is 82.7 cm³/mol. The number of carbonyl (C=O) groups excluding carboxylic acids is 1. The van der Waals surface area contributed by atoms with E-state index in [-0.39, 0.29) is 18.3 Å². The highest BCUT2D eigenvalue weighted by atomic mass is 16.5. The molecule has 1 unspecified atom stereocenters. The zero-order valence-electron chi connectivity index (χ0n) is 12.9. The Bertz CT molecular complexity index is 592. The van der Waals surface area contributed by atoms with E-state index in [2.05, 4.69) is 0 Å². The normalized spacial score (nSPS) is 12.0. The van der Waals surface area contributed by atoms with Crippen LogP contribution in [0.15, 0.2) is 47.1 Å². The minimum absolute atomic E-state index is 0.211. The molecule has 1 amide bonds.